The lowest BCUT2D eigenvalue weighted by Gasteiger charge is -2.06. The first kappa shape index (κ1) is 19.2. The van der Waals surface area contributed by atoms with Crippen LogP contribution in [0.15, 0.2) is 66.1 Å². The van der Waals surface area contributed by atoms with Crippen LogP contribution in [0, 0.1) is 18.8 Å². The molecule has 0 saturated carbocycles. The van der Waals surface area contributed by atoms with E-state index in [4.69, 9.17) is 16.2 Å². The number of nitrogens with zero attached hydrogens (tertiary/aromatic N) is 3. The van der Waals surface area contributed by atoms with E-state index in [2.05, 4.69) is 21.8 Å². The normalized spacial score (nSPS) is 11.3. The molecule has 0 radical (unpaired) electrons. The molecular weight excluding hydrogens is 410 g/mol. The summed E-state index contributed by atoms with van der Waals surface area (Å²) in [5.74, 6) is 5.86. The summed E-state index contributed by atoms with van der Waals surface area (Å²) in [5, 5.41) is 0.668. The minimum absolute atomic E-state index is 0.302. The topological polar surface area (TPSA) is 84.6 Å². The van der Waals surface area contributed by atoms with Crippen molar-refractivity contribution in [3.05, 3.63) is 83.0 Å². The van der Waals surface area contributed by atoms with Crippen LogP contribution < -0.4 is 0 Å². The number of hydrogen-bond donors (Lipinski definition) is 1. The van der Waals surface area contributed by atoms with E-state index < -0.39 is 10.1 Å². The average molecular weight is 424 g/mol. The van der Waals surface area contributed by atoms with Gasteiger partial charge in [-0.05, 0) is 53.8 Å². The predicted molar refractivity (Wildman–Crippen MR) is 110 cm³/mol. The Balaban J connectivity index is 1.78. The fraction of sp³-hybridized carbons (Fsp3) is 0.0476. The Morgan fingerprint density at radius 1 is 1.03 bits per heavy atom. The summed E-state index contributed by atoms with van der Waals surface area (Å²) >= 11 is 5.98. The van der Waals surface area contributed by atoms with Crippen molar-refractivity contribution < 1.29 is 13.0 Å². The third-order valence-corrected chi connectivity index (χ3v) is 5.38. The van der Waals surface area contributed by atoms with E-state index in [0.29, 0.717) is 16.3 Å². The van der Waals surface area contributed by atoms with E-state index in [1.54, 1.807) is 6.20 Å². The van der Waals surface area contributed by atoms with Crippen LogP contribution >= 0.6 is 11.6 Å². The Labute approximate surface area is 172 Å². The van der Waals surface area contributed by atoms with Crippen molar-refractivity contribution in [1.29, 1.82) is 0 Å². The number of aromatic nitrogens is 3. The molecule has 3 heterocycles. The van der Waals surface area contributed by atoms with Gasteiger partial charge in [0, 0.05) is 29.2 Å². The predicted octanol–water partition coefficient (Wildman–Crippen LogP) is 4.00. The Kier molecular flexibility index (Phi) is 4.84. The molecule has 0 saturated heterocycles. The molecule has 0 atom stereocenters. The van der Waals surface area contributed by atoms with Crippen molar-refractivity contribution >= 4 is 27.4 Å². The number of fused-ring (bicyclic) bond motifs is 1. The molecule has 6 nitrogen and oxygen atoms in total. The third kappa shape index (κ3) is 4.00. The molecule has 0 unspecified atom stereocenters. The van der Waals surface area contributed by atoms with E-state index in [1.165, 1.54) is 12.3 Å². The van der Waals surface area contributed by atoms with Crippen molar-refractivity contribution in [3.8, 4) is 23.0 Å². The van der Waals surface area contributed by atoms with Gasteiger partial charge in [0.05, 0.1) is 6.20 Å². The summed E-state index contributed by atoms with van der Waals surface area (Å²) in [6, 6.07) is 10.9. The molecular formula is C21H14ClN3O3S. The third-order valence-electron chi connectivity index (χ3n) is 4.31. The molecule has 0 bridgehead atoms. The van der Waals surface area contributed by atoms with Gasteiger partial charge in [0.15, 0.2) is 0 Å². The van der Waals surface area contributed by atoms with Crippen molar-refractivity contribution in [2.24, 2.45) is 0 Å². The van der Waals surface area contributed by atoms with E-state index >= 15 is 0 Å². The molecule has 4 aromatic rings. The van der Waals surface area contributed by atoms with Gasteiger partial charge in [0.25, 0.3) is 10.1 Å². The van der Waals surface area contributed by atoms with Crippen molar-refractivity contribution in [1.82, 2.24) is 14.4 Å². The highest BCUT2D eigenvalue weighted by molar-refractivity contribution is 7.85. The van der Waals surface area contributed by atoms with Crippen LogP contribution in [-0.2, 0) is 10.1 Å². The second kappa shape index (κ2) is 7.33. The zero-order chi connectivity index (χ0) is 20.6. The summed E-state index contributed by atoms with van der Waals surface area (Å²) in [4.78, 5) is 7.94. The lowest BCUT2D eigenvalue weighted by atomic mass is 10.1. The van der Waals surface area contributed by atoms with E-state index in [-0.39, 0.29) is 4.90 Å². The maximum atomic E-state index is 11.3. The molecule has 0 aliphatic rings. The quantitative estimate of drug-likeness (QED) is 0.389. The van der Waals surface area contributed by atoms with Crippen LogP contribution in [-0.4, -0.2) is 27.3 Å². The van der Waals surface area contributed by atoms with Crippen LogP contribution in [0.4, 0.5) is 0 Å². The highest BCUT2D eigenvalue weighted by Crippen LogP contribution is 2.24. The summed E-state index contributed by atoms with van der Waals surface area (Å²) in [7, 11) is -4.33. The van der Waals surface area contributed by atoms with Gasteiger partial charge in [-0.25, -0.2) is 4.98 Å². The summed E-state index contributed by atoms with van der Waals surface area (Å²) < 4.78 is 33.6. The molecule has 0 fully saturated rings. The average Bonchev–Trinajstić information content (AvgIpc) is 3.10. The zero-order valence-corrected chi connectivity index (χ0v) is 16.7. The molecule has 0 aliphatic carbocycles. The van der Waals surface area contributed by atoms with Gasteiger partial charge in [0.2, 0.25) is 0 Å². The molecule has 4 rings (SSSR count). The van der Waals surface area contributed by atoms with Crippen LogP contribution in [0.5, 0.6) is 0 Å². The minimum atomic E-state index is -4.33. The summed E-state index contributed by atoms with van der Waals surface area (Å²) in [6.45, 7) is 1.97. The first-order valence-electron chi connectivity index (χ1n) is 8.49. The SMILES string of the molecule is Cc1cc(-c2ccc(Cl)cc2)cn2c(C#Cc3cncc(S(=O)(=O)O)c3)cnc12. The molecule has 1 aromatic carbocycles. The maximum Gasteiger partial charge on any atom is 0.296 e. The zero-order valence-electron chi connectivity index (χ0n) is 15.2. The number of pyridine rings is 2. The first-order chi connectivity index (χ1) is 13.8. The molecule has 29 heavy (non-hydrogen) atoms. The Hall–Kier alpha value is -3.18. The second-order valence-electron chi connectivity index (χ2n) is 6.39. The van der Waals surface area contributed by atoms with Crippen molar-refractivity contribution in [2.75, 3.05) is 0 Å². The maximum absolute atomic E-state index is 11.3. The van der Waals surface area contributed by atoms with Gasteiger partial charge in [-0.2, -0.15) is 8.42 Å². The summed E-state index contributed by atoms with van der Waals surface area (Å²) in [6.07, 6.45) is 6.09. The highest BCUT2D eigenvalue weighted by atomic mass is 35.5. The molecule has 1 N–H and O–H groups in total. The van der Waals surface area contributed by atoms with Gasteiger partial charge >= 0.3 is 0 Å². The Morgan fingerprint density at radius 2 is 1.79 bits per heavy atom. The molecule has 3 aromatic heterocycles. The molecule has 0 amide bonds. The van der Waals surface area contributed by atoms with E-state index in [0.717, 1.165) is 28.5 Å². The number of halogens is 1. The standard InChI is InChI=1S/C21H14ClN3O3S/c1-14-8-17(16-3-5-18(22)6-4-16)13-25-19(11-24-21(14)25)7-2-15-9-20(12-23-10-15)29(26,27)28/h3-6,8-13H,1H3,(H,26,27,28). The van der Waals surface area contributed by atoms with Crippen molar-refractivity contribution in [2.45, 2.75) is 11.8 Å². The van der Waals surface area contributed by atoms with Gasteiger partial charge in [0.1, 0.15) is 16.2 Å². The lowest BCUT2D eigenvalue weighted by Crippen LogP contribution is -1.99. The number of benzene rings is 1. The minimum Gasteiger partial charge on any atom is -0.292 e. The largest absolute Gasteiger partial charge is 0.296 e. The van der Waals surface area contributed by atoms with E-state index in [9.17, 15) is 8.42 Å². The van der Waals surface area contributed by atoms with Crippen LogP contribution in [0.2, 0.25) is 5.02 Å². The van der Waals surface area contributed by atoms with Crippen LogP contribution in [0.1, 0.15) is 16.8 Å². The Bertz CT molecular complexity index is 1400. The molecule has 0 aliphatic heterocycles. The number of rotatable bonds is 2. The highest BCUT2D eigenvalue weighted by Gasteiger charge is 2.10. The summed E-state index contributed by atoms with van der Waals surface area (Å²) in [5.41, 5.74) is 4.76. The lowest BCUT2D eigenvalue weighted by molar-refractivity contribution is 0.482. The first-order valence-corrected chi connectivity index (χ1v) is 10.3. The smallest absolute Gasteiger partial charge is 0.292 e. The fourth-order valence-corrected chi connectivity index (χ4v) is 3.51. The molecule has 0 spiro atoms. The van der Waals surface area contributed by atoms with Gasteiger partial charge < -0.3 is 0 Å². The van der Waals surface area contributed by atoms with Gasteiger partial charge in [-0.3, -0.25) is 13.9 Å². The second-order valence-corrected chi connectivity index (χ2v) is 8.25. The van der Waals surface area contributed by atoms with Gasteiger partial charge in [-0.1, -0.05) is 29.7 Å². The van der Waals surface area contributed by atoms with Crippen molar-refractivity contribution in [3.63, 3.8) is 0 Å². The molecule has 144 valence electrons. The van der Waals surface area contributed by atoms with Crippen LogP contribution in [0.3, 0.4) is 0 Å². The van der Waals surface area contributed by atoms with Gasteiger partial charge in [-0.15, -0.1) is 0 Å². The number of hydrogen-bond acceptors (Lipinski definition) is 4. The Morgan fingerprint density at radius 3 is 2.52 bits per heavy atom. The van der Waals surface area contributed by atoms with E-state index in [1.807, 2.05) is 47.9 Å². The van der Waals surface area contributed by atoms with Crippen LogP contribution in [0.25, 0.3) is 16.8 Å². The number of aryl methyl sites for hydroxylation is 1. The molecule has 8 heteroatoms. The number of imidazole rings is 1. The fourth-order valence-electron chi connectivity index (χ4n) is 2.91. The monoisotopic (exact) mass is 423 g/mol.